The predicted octanol–water partition coefficient (Wildman–Crippen LogP) is 3.19. The Labute approximate surface area is 180 Å². The summed E-state index contributed by atoms with van der Waals surface area (Å²) in [6.45, 7) is 4.26. The molecule has 3 rings (SSSR count). The van der Waals surface area contributed by atoms with Crippen molar-refractivity contribution in [2.24, 2.45) is 10.9 Å². The minimum Gasteiger partial charge on any atom is -0.357 e. The number of hydrogen-bond acceptors (Lipinski definition) is 4. The topological polar surface area (TPSA) is 81.2 Å². The Hall–Kier alpha value is -2.62. The van der Waals surface area contributed by atoms with E-state index in [9.17, 15) is 13.2 Å². The number of aromatic nitrogens is 3. The highest BCUT2D eigenvalue weighted by Crippen LogP contribution is 2.24. The normalized spacial score (nSPS) is 16.5. The minimum absolute atomic E-state index is 0.443. The number of guanidine groups is 1. The van der Waals surface area contributed by atoms with Crippen LogP contribution in [0.1, 0.15) is 31.7 Å². The van der Waals surface area contributed by atoms with E-state index in [1.807, 2.05) is 31.2 Å². The maximum Gasteiger partial charge on any atom is 0.401 e. The Morgan fingerprint density at radius 2 is 2.06 bits per heavy atom. The van der Waals surface area contributed by atoms with Crippen LogP contribution in [0.25, 0.3) is 11.4 Å². The summed E-state index contributed by atoms with van der Waals surface area (Å²) < 4.78 is 37.5. The second-order valence-corrected chi connectivity index (χ2v) is 7.78. The lowest BCUT2D eigenvalue weighted by molar-refractivity contribution is -0.148. The number of aliphatic imine (C=N–C) groups is 1. The Balaban J connectivity index is 1.45. The minimum atomic E-state index is -4.11. The van der Waals surface area contributed by atoms with Gasteiger partial charge < -0.3 is 10.6 Å². The number of H-pyrrole nitrogens is 1. The molecule has 1 aromatic carbocycles. The molecule has 0 spiro atoms. The molecule has 1 aromatic heterocycles. The number of nitrogens with one attached hydrogen (secondary N) is 3. The van der Waals surface area contributed by atoms with Gasteiger partial charge in [-0.1, -0.05) is 18.2 Å². The number of piperidine rings is 1. The van der Waals surface area contributed by atoms with Gasteiger partial charge in [-0.2, -0.15) is 18.3 Å². The van der Waals surface area contributed by atoms with Gasteiger partial charge in [-0.25, -0.2) is 9.98 Å². The summed E-state index contributed by atoms with van der Waals surface area (Å²) in [5.41, 5.74) is 2.02. The summed E-state index contributed by atoms with van der Waals surface area (Å²) in [7, 11) is 0. The highest BCUT2D eigenvalue weighted by atomic mass is 19.4. The Bertz CT molecular complexity index is 813. The molecular weight excluding hydrogens is 407 g/mol. The smallest absolute Gasteiger partial charge is 0.357 e. The molecule has 1 aliphatic rings. The number of likely N-dealkylation sites (tertiary alicyclic amines) is 1. The SMILES string of the molecule is CCNC(=NCc1cccc(-c2ncn[nH]2)c1)NCCC1CCN(CC(F)(F)F)CC1. The van der Waals surface area contributed by atoms with Gasteiger partial charge in [-0.05, 0) is 56.8 Å². The molecule has 31 heavy (non-hydrogen) atoms. The van der Waals surface area contributed by atoms with Crippen LogP contribution in [0.3, 0.4) is 0 Å². The van der Waals surface area contributed by atoms with Crippen molar-refractivity contribution in [2.45, 2.75) is 38.9 Å². The zero-order chi connectivity index (χ0) is 22.1. The van der Waals surface area contributed by atoms with Crippen molar-refractivity contribution in [3.63, 3.8) is 0 Å². The van der Waals surface area contributed by atoms with E-state index in [1.54, 1.807) is 0 Å². The zero-order valence-electron chi connectivity index (χ0n) is 17.8. The summed E-state index contributed by atoms with van der Waals surface area (Å²) in [5.74, 6) is 1.90. The lowest BCUT2D eigenvalue weighted by atomic mass is 9.93. The predicted molar refractivity (Wildman–Crippen MR) is 114 cm³/mol. The Kier molecular flexibility index (Phi) is 8.27. The molecule has 0 amide bonds. The van der Waals surface area contributed by atoms with Gasteiger partial charge in [0, 0.05) is 18.7 Å². The highest BCUT2D eigenvalue weighted by Gasteiger charge is 2.32. The van der Waals surface area contributed by atoms with Gasteiger partial charge in [0.15, 0.2) is 11.8 Å². The van der Waals surface area contributed by atoms with Crippen molar-refractivity contribution in [2.75, 3.05) is 32.7 Å². The number of rotatable bonds is 8. The van der Waals surface area contributed by atoms with Crippen LogP contribution < -0.4 is 10.6 Å². The summed E-state index contributed by atoms with van der Waals surface area (Å²) in [6, 6.07) is 7.98. The van der Waals surface area contributed by atoms with E-state index in [1.165, 1.54) is 11.2 Å². The maximum atomic E-state index is 12.5. The number of hydrogen-bond donors (Lipinski definition) is 3. The number of nitrogens with zero attached hydrogens (tertiary/aromatic N) is 4. The fourth-order valence-electron chi connectivity index (χ4n) is 3.76. The third kappa shape index (κ3) is 7.86. The summed E-state index contributed by atoms with van der Waals surface area (Å²) in [4.78, 5) is 10.3. The third-order valence-electron chi connectivity index (χ3n) is 5.33. The first-order chi connectivity index (χ1) is 14.9. The van der Waals surface area contributed by atoms with E-state index in [0.29, 0.717) is 25.6 Å². The highest BCUT2D eigenvalue weighted by molar-refractivity contribution is 5.79. The van der Waals surface area contributed by atoms with Gasteiger partial charge in [0.2, 0.25) is 0 Å². The fraction of sp³-hybridized carbons (Fsp3) is 0.571. The molecule has 1 saturated heterocycles. The van der Waals surface area contributed by atoms with Crippen LogP contribution in [-0.2, 0) is 6.54 Å². The molecule has 2 heterocycles. The van der Waals surface area contributed by atoms with E-state index >= 15 is 0 Å². The van der Waals surface area contributed by atoms with Gasteiger partial charge in [0.1, 0.15) is 6.33 Å². The molecule has 3 N–H and O–H groups in total. The summed E-state index contributed by atoms with van der Waals surface area (Å²) >= 11 is 0. The van der Waals surface area contributed by atoms with Crippen LogP contribution in [0.15, 0.2) is 35.6 Å². The average molecular weight is 438 g/mol. The van der Waals surface area contributed by atoms with Crippen molar-refractivity contribution in [3.8, 4) is 11.4 Å². The molecule has 2 aromatic rings. The molecule has 0 saturated carbocycles. The molecule has 170 valence electrons. The van der Waals surface area contributed by atoms with Gasteiger partial charge >= 0.3 is 6.18 Å². The van der Waals surface area contributed by atoms with Crippen molar-refractivity contribution in [1.82, 2.24) is 30.7 Å². The average Bonchev–Trinajstić information content (AvgIpc) is 3.27. The number of aromatic amines is 1. The molecule has 0 unspecified atom stereocenters. The molecule has 0 aliphatic carbocycles. The molecule has 1 fully saturated rings. The Morgan fingerprint density at radius 3 is 2.74 bits per heavy atom. The van der Waals surface area contributed by atoms with Gasteiger partial charge in [-0.15, -0.1) is 0 Å². The second-order valence-electron chi connectivity index (χ2n) is 7.78. The van der Waals surface area contributed by atoms with E-state index in [0.717, 1.165) is 55.3 Å². The van der Waals surface area contributed by atoms with Crippen molar-refractivity contribution in [1.29, 1.82) is 0 Å². The van der Waals surface area contributed by atoms with Crippen LogP contribution in [-0.4, -0.2) is 64.9 Å². The molecule has 0 radical (unpaired) electrons. The van der Waals surface area contributed by atoms with Crippen LogP contribution >= 0.6 is 0 Å². The second kappa shape index (κ2) is 11.1. The third-order valence-corrected chi connectivity index (χ3v) is 5.33. The van der Waals surface area contributed by atoms with Crippen molar-refractivity contribution >= 4 is 5.96 Å². The van der Waals surface area contributed by atoms with Gasteiger partial charge in [-0.3, -0.25) is 10.00 Å². The van der Waals surface area contributed by atoms with Crippen LogP contribution in [0, 0.1) is 5.92 Å². The number of benzene rings is 1. The molecule has 0 atom stereocenters. The summed E-state index contributed by atoms with van der Waals surface area (Å²) in [5, 5.41) is 13.3. The van der Waals surface area contributed by atoms with Crippen molar-refractivity contribution in [3.05, 3.63) is 36.2 Å². The lowest BCUT2D eigenvalue weighted by Crippen LogP contribution is -2.41. The van der Waals surface area contributed by atoms with Gasteiger partial charge in [0.05, 0.1) is 13.1 Å². The monoisotopic (exact) mass is 437 g/mol. The first-order valence-electron chi connectivity index (χ1n) is 10.7. The van der Waals surface area contributed by atoms with Crippen LogP contribution in [0.5, 0.6) is 0 Å². The molecular formula is C21H30F3N7. The molecule has 10 heteroatoms. The van der Waals surface area contributed by atoms with Gasteiger partial charge in [0.25, 0.3) is 0 Å². The van der Waals surface area contributed by atoms with E-state index in [-0.39, 0.29) is 0 Å². The number of halogens is 3. The molecule has 7 nitrogen and oxygen atoms in total. The van der Waals surface area contributed by atoms with E-state index in [2.05, 4.69) is 30.8 Å². The first kappa shape index (κ1) is 23.1. The maximum absolute atomic E-state index is 12.5. The largest absolute Gasteiger partial charge is 0.401 e. The van der Waals surface area contributed by atoms with E-state index in [4.69, 9.17) is 0 Å². The van der Waals surface area contributed by atoms with Crippen LogP contribution in [0.2, 0.25) is 0 Å². The zero-order valence-corrected chi connectivity index (χ0v) is 17.8. The quantitative estimate of drug-likeness (QED) is 0.437. The van der Waals surface area contributed by atoms with Crippen molar-refractivity contribution < 1.29 is 13.2 Å². The summed E-state index contributed by atoms with van der Waals surface area (Å²) in [6.07, 6.45) is -0.0988. The molecule has 0 bridgehead atoms. The Morgan fingerprint density at radius 1 is 1.26 bits per heavy atom. The lowest BCUT2D eigenvalue weighted by Gasteiger charge is -2.32. The first-order valence-corrected chi connectivity index (χ1v) is 10.7. The standard InChI is InChI=1S/C21H30F3N7/c1-2-25-20(26-9-6-16-7-10-31(11-8-16)14-21(22,23)24)27-13-17-4-3-5-18(12-17)19-28-15-29-30-19/h3-5,12,15-16H,2,6-11,13-14H2,1H3,(H2,25,26,27)(H,28,29,30). The van der Waals surface area contributed by atoms with Crippen LogP contribution in [0.4, 0.5) is 13.2 Å². The van der Waals surface area contributed by atoms with E-state index < -0.39 is 12.7 Å². The number of alkyl halides is 3. The fourth-order valence-corrected chi connectivity index (χ4v) is 3.76. The molecule has 1 aliphatic heterocycles.